The van der Waals surface area contributed by atoms with Crippen molar-refractivity contribution in [1.82, 2.24) is 0 Å². The third kappa shape index (κ3) is 6.54. The van der Waals surface area contributed by atoms with E-state index in [1.807, 2.05) is 42.5 Å². The fraction of sp³-hybridized carbons (Fsp3) is 0.208. The highest BCUT2D eigenvalue weighted by molar-refractivity contribution is 6.30. The van der Waals surface area contributed by atoms with Crippen molar-refractivity contribution in [3.63, 3.8) is 0 Å². The van der Waals surface area contributed by atoms with Crippen molar-refractivity contribution in [1.29, 1.82) is 0 Å². The van der Waals surface area contributed by atoms with E-state index in [0.717, 1.165) is 12.8 Å². The molecule has 3 aromatic rings. The number of amides is 1. The normalized spacial score (nSPS) is 11.5. The molecule has 0 saturated heterocycles. The fourth-order valence-corrected chi connectivity index (χ4v) is 2.93. The van der Waals surface area contributed by atoms with Gasteiger partial charge in [-0.1, -0.05) is 54.1 Å². The summed E-state index contributed by atoms with van der Waals surface area (Å²) in [5, 5.41) is 3.50. The van der Waals surface area contributed by atoms with Gasteiger partial charge in [0.25, 0.3) is 5.91 Å². The summed E-state index contributed by atoms with van der Waals surface area (Å²) in [6.07, 6.45) is 1.17. The van der Waals surface area contributed by atoms with E-state index >= 15 is 0 Å². The van der Waals surface area contributed by atoms with Gasteiger partial charge in [-0.3, -0.25) is 4.79 Å². The topological polar surface area (TPSA) is 47.6 Å². The third-order valence-corrected chi connectivity index (χ3v) is 4.60. The van der Waals surface area contributed by atoms with Crippen LogP contribution in [0.1, 0.15) is 18.9 Å². The second-order valence-corrected chi connectivity index (χ2v) is 7.07. The zero-order valence-electron chi connectivity index (χ0n) is 16.3. The van der Waals surface area contributed by atoms with Gasteiger partial charge in [0, 0.05) is 5.02 Å². The average molecular weight is 410 g/mol. The average Bonchev–Trinajstić information content (AvgIpc) is 2.74. The Bertz CT molecular complexity index is 913. The van der Waals surface area contributed by atoms with Crippen LogP contribution in [-0.4, -0.2) is 18.6 Å². The first-order valence-electron chi connectivity index (χ1n) is 9.60. The lowest BCUT2D eigenvalue weighted by Crippen LogP contribution is -2.30. The molecule has 150 valence electrons. The maximum absolute atomic E-state index is 12.5. The Kier molecular flexibility index (Phi) is 7.54. The number of anilines is 1. The molecule has 29 heavy (non-hydrogen) atoms. The molecule has 3 aromatic carbocycles. The number of aryl methyl sites for hydroxylation is 1. The SMILES string of the molecule is CC(Oc1ccc(Cl)cc1)C(=O)Nc1ccccc1OCCCc1ccccc1. The Hall–Kier alpha value is -2.98. The first-order valence-corrected chi connectivity index (χ1v) is 9.98. The molecule has 0 bridgehead atoms. The molecular weight excluding hydrogens is 386 g/mol. The molecule has 0 spiro atoms. The van der Waals surface area contributed by atoms with Crippen LogP contribution in [0.2, 0.25) is 5.02 Å². The molecule has 0 aliphatic carbocycles. The van der Waals surface area contributed by atoms with Crippen LogP contribution in [0.25, 0.3) is 0 Å². The van der Waals surface area contributed by atoms with E-state index in [1.165, 1.54) is 5.56 Å². The predicted molar refractivity (Wildman–Crippen MR) is 117 cm³/mol. The molecule has 1 N–H and O–H groups in total. The number of nitrogens with one attached hydrogen (secondary N) is 1. The summed E-state index contributed by atoms with van der Waals surface area (Å²) in [7, 11) is 0. The van der Waals surface area contributed by atoms with Gasteiger partial charge >= 0.3 is 0 Å². The van der Waals surface area contributed by atoms with E-state index < -0.39 is 6.10 Å². The Morgan fingerprint density at radius 3 is 2.41 bits per heavy atom. The maximum Gasteiger partial charge on any atom is 0.265 e. The number of rotatable bonds is 9. The van der Waals surface area contributed by atoms with E-state index in [4.69, 9.17) is 21.1 Å². The van der Waals surface area contributed by atoms with Gasteiger partial charge in [0.2, 0.25) is 0 Å². The molecule has 0 fully saturated rings. The molecule has 1 unspecified atom stereocenters. The summed E-state index contributed by atoms with van der Waals surface area (Å²) < 4.78 is 11.6. The summed E-state index contributed by atoms with van der Waals surface area (Å²) in [5.41, 5.74) is 1.91. The van der Waals surface area contributed by atoms with Crippen LogP contribution in [0.3, 0.4) is 0 Å². The van der Waals surface area contributed by atoms with Crippen LogP contribution in [0.4, 0.5) is 5.69 Å². The summed E-state index contributed by atoms with van der Waals surface area (Å²) in [6, 6.07) is 24.6. The highest BCUT2D eigenvalue weighted by Crippen LogP contribution is 2.25. The number of hydrogen-bond acceptors (Lipinski definition) is 3. The van der Waals surface area contributed by atoms with Crippen molar-refractivity contribution in [3.05, 3.63) is 89.4 Å². The van der Waals surface area contributed by atoms with E-state index in [-0.39, 0.29) is 5.91 Å². The minimum absolute atomic E-state index is 0.250. The number of halogens is 1. The first kappa shape index (κ1) is 20.7. The predicted octanol–water partition coefficient (Wildman–Crippen LogP) is 5.76. The van der Waals surface area contributed by atoms with Crippen LogP contribution >= 0.6 is 11.6 Å². The quantitative estimate of drug-likeness (QED) is 0.457. The molecule has 4 nitrogen and oxygen atoms in total. The molecule has 1 atom stereocenters. The molecule has 0 saturated carbocycles. The Morgan fingerprint density at radius 2 is 1.66 bits per heavy atom. The van der Waals surface area contributed by atoms with E-state index in [9.17, 15) is 4.79 Å². The number of carbonyl (C=O) groups excluding carboxylic acids is 1. The largest absolute Gasteiger partial charge is 0.491 e. The number of ether oxygens (including phenoxy) is 2. The lowest BCUT2D eigenvalue weighted by atomic mass is 10.1. The monoisotopic (exact) mass is 409 g/mol. The number of benzene rings is 3. The molecule has 0 heterocycles. The van der Waals surface area contributed by atoms with Gasteiger partial charge in [-0.2, -0.15) is 0 Å². The Labute approximate surface area is 176 Å². The molecule has 0 aliphatic heterocycles. The van der Waals surface area contributed by atoms with Crippen molar-refractivity contribution < 1.29 is 14.3 Å². The van der Waals surface area contributed by atoms with Gasteiger partial charge in [-0.15, -0.1) is 0 Å². The Balaban J connectivity index is 1.52. The van der Waals surface area contributed by atoms with Gasteiger partial charge < -0.3 is 14.8 Å². The van der Waals surface area contributed by atoms with Gasteiger partial charge in [-0.05, 0) is 61.7 Å². The van der Waals surface area contributed by atoms with Crippen molar-refractivity contribution in [2.24, 2.45) is 0 Å². The zero-order chi connectivity index (χ0) is 20.5. The molecule has 0 aliphatic rings. The molecule has 3 rings (SSSR count). The van der Waals surface area contributed by atoms with Gasteiger partial charge in [0.05, 0.1) is 12.3 Å². The van der Waals surface area contributed by atoms with Gasteiger partial charge in [0.15, 0.2) is 6.10 Å². The highest BCUT2D eigenvalue weighted by atomic mass is 35.5. The summed E-state index contributed by atoms with van der Waals surface area (Å²) in [6.45, 7) is 2.27. The van der Waals surface area contributed by atoms with E-state index in [1.54, 1.807) is 31.2 Å². The van der Waals surface area contributed by atoms with Crippen molar-refractivity contribution in [2.45, 2.75) is 25.9 Å². The summed E-state index contributed by atoms with van der Waals surface area (Å²) in [5.74, 6) is 0.982. The van der Waals surface area contributed by atoms with Gasteiger partial charge in [-0.25, -0.2) is 0 Å². The molecule has 0 radical (unpaired) electrons. The smallest absolute Gasteiger partial charge is 0.265 e. The number of para-hydroxylation sites is 2. The fourth-order valence-electron chi connectivity index (χ4n) is 2.80. The minimum Gasteiger partial charge on any atom is -0.491 e. The molecule has 5 heteroatoms. The van der Waals surface area contributed by atoms with Crippen molar-refractivity contribution in [3.8, 4) is 11.5 Å². The van der Waals surface area contributed by atoms with Gasteiger partial charge in [0.1, 0.15) is 11.5 Å². The summed E-state index contributed by atoms with van der Waals surface area (Å²) in [4.78, 5) is 12.5. The van der Waals surface area contributed by atoms with E-state index in [0.29, 0.717) is 28.8 Å². The van der Waals surface area contributed by atoms with Crippen LogP contribution < -0.4 is 14.8 Å². The lowest BCUT2D eigenvalue weighted by Gasteiger charge is -2.17. The number of hydrogen-bond donors (Lipinski definition) is 1. The van der Waals surface area contributed by atoms with E-state index in [2.05, 4.69) is 17.4 Å². The zero-order valence-corrected chi connectivity index (χ0v) is 17.1. The standard InChI is InChI=1S/C24H24ClNO3/c1-18(29-21-15-13-20(25)14-16-21)24(27)26-22-11-5-6-12-23(22)28-17-7-10-19-8-3-2-4-9-19/h2-6,8-9,11-16,18H,7,10,17H2,1H3,(H,26,27). The summed E-state index contributed by atoms with van der Waals surface area (Å²) >= 11 is 5.87. The Morgan fingerprint density at radius 1 is 0.966 bits per heavy atom. The molecule has 0 aromatic heterocycles. The molecular formula is C24H24ClNO3. The second kappa shape index (κ2) is 10.5. The highest BCUT2D eigenvalue weighted by Gasteiger charge is 2.16. The maximum atomic E-state index is 12.5. The molecule has 1 amide bonds. The van der Waals surface area contributed by atoms with Crippen LogP contribution in [-0.2, 0) is 11.2 Å². The van der Waals surface area contributed by atoms with Crippen LogP contribution in [0.5, 0.6) is 11.5 Å². The second-order valence-electron chi connectivity index (χ2n) is 6.64. The number of carbonyl (C=O) groups is 1. The van der Waals surface area contributed by atoms with Crippen molar-refractivity contribution >= 4 is 23.2 Å². The van der Waals surface area contributed by atoms with Crippen molar-refractivity contribution in [2.75, 3.05) is 11.9 Å². The van der Waals surface area contributed by atoms with Crippen LogP contribution in [0.15, 0.2) is 78.9 Å². The third-order valence-electron chi connectivity index (χ3n) is 4.35. The minimum atomic E-state index is -0.665. The van der Waals surface area contributed by atoms with Crippen LogP contribution in [0, 0.1) is 0 Å². The first-order chi connectivity index (χ1) is 14.1. The lowest BCUT2D eigenvalue weighted by molar-refractivity contribution is -0.122.